The second-order valence-corrected chi connectivity index (χ2v) is 2.14. The van der Waals surface area contributed by atoms with Crippen molar-refractivity contribution in [1.82, 2.24) is 10.5 Å². The summed E-state index contributed by atoms with van der Waals surface area (Å²) in [6.45, 7) is 1.47. The van der Waals surface area contributed by atoms with Crippen LogP contribution in [0.5, 0.6) is 0 Å². The molecule has 0 aliphatic heterocycles. The number of hydrazine groups is 1. The molecule has 6 nitrogen and oxygen atoms in total. The SMILES string of the molecule is C[C@@H](CN(O)C=O)C(=O)NN. The van der Waals surface area contributed by atoms with Crippen molar-refractivity contribution < 1.29 is 14.8 Å². The van der Waals surface area contributed by atoms with Crippen molar-refractivity contribution in [2.24, 2.45) is 11.8 Å². The maximum Gasteiger partial charge on any atom is 0.238 e. The van der Waals surface area contributed by atoms with Crippen LogP contribution in [-0.2, 0) is 9.59 Å². The van der Waals surface area contributed by atoms with Gasteiger partial charge in [-0.05, 0) is 0 Å². The van der Waals surface area contributed by atoms with Crippen LogP contribution >= 0.6 is 0 Å². The summed E-state index contributed by atoms with van der Waals surface area (Å²) in [7, 11) is 0. The number of rotatable bonds is 4. The molecular weight excluding hydrogens is 150 g/mol. The Morgan fingerprint density at radius 3 is 2.82 bits per heavy atom. The lowest BCUT2D eigenvalue weighted by Crippen LogP contribution is -2.39. The van der Waals surface area contributed by atoms with Crippen LogP contribution in [0.3, 0.4) is 0 Å². The number of hydrogen-bond donors (Lipinski definition) is 3. The Kier molecular flexibility index (Phi) is 4.16. The summed E-state index contributed by atoms with van der Waals surface area (Å²) in [5.41, 5.74) is 1.90. The standard InChI is InChI=1S/C5H11N3O3/c1-4(5(10)7-6)2-8(11)3-9/h3-4,11H,2,6H2,1H3,(H,7,10)/t4-/m0/s1. The van der Waals surface area contributed by atoms with E-state index in [2.05, 4.69) is 0 Å². The second kappa shape index (κ2) is 4.64. The summed E-state index contributed by atoms with van der Waals surface area (Å²) >= 11 is 0. The number of amides is 2. The fourth-order valence-electron chi connectivity index (χ4n) is 0.549. The van der Waals surface area contributed by atoms with Gasteiger partial charge in [-0.1, -0.05) is 6.92 Å². The van der Waals surface area contributed by atoms with E-state index in [0.717, 1.165) is 0 Å². The van der Waals surface area contributed by atoms with E-state index in [4.69, 9.17) is 11.0 Å². The highest BCUT2D eigenvalue weighted by molar-refractivity contribution is 5.77. The molecule has 6 heteroatoms. The minimum Gasteiger partial charge on any atom is -0.294 e. The van der Waals surface area contributed by atoms with Crippen molar-refractivity contribution in [2.75, 3.05) is 6.54 Å². The van der Waals surface area contributed by atoms with Crippen LogP contribution in [0.1, 0.15) is 6.92 Å². The zero-order valence-corrected chi connectivity index (χ0v) is 6.15. The Balaban J connectivity index is 3.76. The zero-order valence-electron chi connectivity index (χ0n) is 6.15. The van der Waals surface area contributed by atoms with Gasteiger partial charge in [-0.3, -0.25) is 20.2 Å². The normalized spacial score (nSPS) is 11.9. The average molecular weight is 161 g/mol. The summed E-state index contributed by atoms with van der Waals surface area (Å²) < 4.78 is 0. The zero-order chi connectivity index (χ0) is 8.85. The molecule has 4 N–H and O–H groups in total. The minimum atomic E-state index is -0.518. The molecule has 1 atom stereocenters. The third kappa shape index (κ3) is 3.54. The molecule has 0 spiro atoms. The van der Waals surface area contributed by atoms with E-state index < -0.39 is 11.8 Å². The van der Waals surface area contributed by atoms with Crippen LogP contribution in [0.2, 0.25) is 0 Å². The van der Waals surface area contributed by atoms with E-state index in [9.17, 15) is 9.59 Å². The molecule has 0 unspecified atom stereocenters. The summed E-state index contributed by atoms with van der Waals surface area (Å²) in [5, 5.41) is 9.01. The highest BCUT2D eigenvalue weighted by Crippen LogP contribution is 1.94. The summed E-state index contributed by atoms with van der Waals surface area (Å²) in [5.74, 6) is 3.86. The third-order valence-corrected chi connectivity index (χ3v) is 1.17. The van der Waals surface area contributed by atoms with E-state index in [1.54, 1.807) is 0 Å². The Labute approximate surface area is 63.9 Å². The topological polar surface area (TPSA) is 95.7 Å². The highest BCUT2D eigenvalue weighted by atomic mass is 16.5. The van der Waals surface area contributed by atoms with Crippen LogP contribution in [-0.4, -0.2) is 29.1 Å². The molecule has 0 aromatic carbocycles. The molecular formula is C5H11N3O3. The first-order valence-electron chi connectivity index (χ1n) is 3.03. The van der Waals surface area contributed by atoms with Gasteiger partial charge in [0.05, 0.1) is 12.5 Å². The summed E-state index contributed by atoms with van der Waals surface area (Å²) in [4.78, 5) is 20.5. The molecule has 2 amide bonds. The van der Waals surface area contributed by atoms with E-state index in [1.165, 1.54) is 6.92 Å². The van der Waals surface area contributed by atoms with Crippen LogP contribution in [0.4, 0.5) is 0 Å². The number of carbonyl (C=O) groups is 2. The van der Waals surface area contributed by atoms with Crippen molar-refractivity contribution in [3.05, 3.63) is 0 Å². The molecule has 0 bridgehead atoms. The quantitative estimate of drug-likeness (QED) is 0.153. The fourth-order valence-corrected chi connectivity index (χ4v) is 0.549. The molecule has 0 radical (unpaired) electrons. The van der Waals surface area contributed by atoms with Gasteiger partial charge in [-0.15, -0.1) is 0 Å². The van der Waals surface area contributed by atoms with Crippen molar-refractivity contribution in [1.29, 1.82) is 0 Å². The van der Waals surface area contributed by atoms with Gasteiger partial charge in [0.15, 0.2) is 0 Å². The number of hydrogen-bond acceptors (Lipinski definition) is 4. The van der Waals surface area contributed by atoms with E-state index >= 15 is 0 Å². The lowest BCUT2D eigenvalue weighted by molar-refractivity contribution is -0.154. The smallest absolute Gasteiger partial charge is 0.238 e. The first-order valence-corrected chi connectivity index (χ1v) is 3.03. The largest absolute Gasteiger partial charge is 0.294 e. The Hall–Kier alpha value is -1.14. The molecule has 0 saturated heterocycles. The number of nitrogens with two attached hydrogens (primary N) is 1. The predicted molar refractivity (Wildman–Crippen MR) is 36.1 cm³/mol. The third-order valence-electron chi connectivity index (χ3n) is 1.17. The van der Waals surface area contributed by atoms with Crippen LogP contribution in [0, 0.1) is 5.92 Å². The molecule has 0 aromatic heterocycles. The van der Waals surface area contributed by atoms with Crippen LogP contribution < -0.4 is 11.3 Å². The van der Waals surface area contributed by atoms with Crippen molar-refractivity contribution in [3.8, 4) is 0 Å². The van der Waals surface area contributed by atoms with Gasteiger partial charge in [-0.25, -0.2) is 10.9 Å². The minimum absolute atomic E-state index is 0.0630. The monoisotopic (exact) mass is 161 g/mol. The number of nitrogens with zero attached hydrogens (tertiary/aromatic N) is 1. The molecule has 0 rings (SSSR count). The summed E-state index contributed by atoms with van der Waals surface area (Å²) in [6.07, 6.45) is 0.223. The van der Waals surface area contributed by atoms with Crippen LogP contribution in [0.25, 0.3) is 0 Å². The molecule has 0 aliphatic carbocycles. The maximum absolute atomic E-state index is 10.7. The molecule has 11 heavy (non-hydrogen) atoms. The van der Waals surface area contributed by atoms with Gasteiger partial charge in [0.1, 0.15) is 0 Å². The Morgan fingerprint density at radius 2 is 2.45 bits per heavy atom. The maximum atomic E-state index is 10.7. The molecule has 0 aliphatic rings. The second-order valence-electron chi connectivity index (χ2n) is 2.14. The molecule has 0 heterocycles. The van der Waals surface area contributed by atoms with Crippen LogP contribution in [0.15, 0.2) is 0 Å². The van der Waals surface area contributed by atoms with E-state index in [0.29, 0.717) is 5.06 Å². The number of nitrogens with one attached hydrogen (secondary N) is 1. The van der Waals surface area contributed by atoms with Crippen molar-refractivity contribution in [2.45, 2.75) is 6.92 Å². The van der Waals surface area contributed by atoms with E-state index in [-0.39, 0.29) is 13.0 Å². The Morgan fingerprint density at radius 1 is 1.91 bits per heavy atom. The Bertz CT molecular complexity index is 150. The van der Waals surface area contributed by atoms with Crippen molar-refractivity contribution >= 4 is 12.3 Å². The highest BCUT2D eigenvalue weighted by Gasteiger charge is 2.13. The summed E-state index contributed by atoms with van der Waals surface area (Å²) in [6, 6.07) is 0. The van der Waals surface area contributed by atoms with Crippen molar-refractivity contribution in [3.63, 3.8) is 0 Å². The predicted octanol–water partition coefficient (Wildman–Crippen LogP) is -1.54. The molecule has 0 saturated carbocycles. The first kappa shape index (κ1) is 9.86. The lowest BCUT2D eigenvalue weighted by Gasteiger charge is -2.13. The molecule has 64 valence electrons. The fraction of sp³-hybridized carbons (Fsp3) is 0.600. The van der Waals surface area contributed by atoms with Gasteiger partial charge in [0, 0.05) is 0 Å². The van der Waals surface area contributed by atoms with Gasteiger partial charge >= 0.3 is 0 Å². The lowest BCUT2D eigenvalue weighted by atomic mass is 10.2. The van der Waals surface area contributed by atoms with Gasteiger partial charge in [0.2, 0.25) is 12.3 Å². The van der Waals surface area contributed by atoms with E-state index in [1.807, 2.05) is 5.43 Å². The average Bonchev–Trinajstić information content (AvgIpc) is 2.02. The van der Waals surface area contributed by atoms with Gasteiger partial charge < -0.3 is 0 Å². The molecule has 0 fully saturated rings. The molecule has 0 aromatic rings. The number of hydroxylamine groups is 2. The van der Waals surface area contributed by atoms with Gasteiger partial charge in [0.25, 0.3) is 0 Å². The van der Waals surface area contributed by atoms with Gasteiger partial charge in [-0.2, -0.15) is 0 Å². The number of carbonyl (C=O) groups excluding carboxylic acids is 2. The first-order chi connectivity index (χ1) is 5.11.